The molecule has 3 rings (SSSR count). The number of hydrogen-bond acceptors (Lipinski definition) is 0. The standard InChI is InChI=1S/3C4H8.Al.Li.H/c3*1-4-2-3-4;;;/h3*4H,2-3H2,1H3;;;/q;;;;+1;-1. The fourth-order valence-electron chi connectivity index (χ4n) is 0.500. The Morgan fingerprint density at radius 3 is 0.714 bits per heavy atom. The largest absolute Gasteiger partial charge is 1.00 e. The van der Waals surface area contributed by atoms with Crippen molar-refractivity contribution in [2.45, 2.75) is 59.3 Å². The summed E-state index contributed by atoms with van der Waals surface area (Å²) in [5, 5.41) is 0. The van der Waals surface area contributed by atoms with Crippen LogP contribution in [0.2, 0.25) is 0 Å². The summed E-state index contributed by atoms with van der Waals surface area (Å²) in [6, 6.07) is 0. The van der Waals surface area contributed by atoms with Crippen LogP contribution < -0.4 is 18.9 Å². The quantitative estimate of drug-likeness (QED) is 0.515. The molecule has 3 aliphatic carbocycles. The van der Waals surface area contributed by atoms with Crippen LogP contribution in [0.15, 0.2) is 0 Å². The van der Waals surface area contributed by atoms with Crippen LogP contribution in [-0.2, 0) is 0 Å². The second-order valence-electron chi connectivity index (χ2n) is 5.05. The Bertz CT molecular complexity index is 97.0. The van der Waals surface area contributed by atoms with Crippen molar-refractivity contribution in [1.82, 2.24) is 0 Å². The number of rotatable bonds is 0. The van der Waals surface area contributed by atoms with Gasteiger partial charge in [-0.1, -0.05) is 59.3 Å². The topological polar surface area (TPSA) is 0 Å². The van der Waals surface area contributed by atoms with E-state index in [2.05, 4.69) is 20.8 Å². The smallest absolute Gasteiger partial charge is 1.00 e. The van der Waals surface area contributed by atoms with Crippen LogP contribution in [-0.4, -0.2) is 17.4 Å². The van der Waals surface area contributed by atoms with Gasteiger partial charge in [0.1, 0.15) is 0 Å². The summed E-state index contributed by atoms with van der Waals surface area (Å²) < 4.78 is 0. The summed E-state index contributed by atoms with van der Waals surface area (Å²) in [6.07, 6.45) is 8.92. The molecule has 0 aliphatic heterocycles. The van der Waals surface area contributed by atoms with Gasteiger partial charge in [0, 0.05) is 17.4 Å². The molecule has 0 saturated heterocycles. The van der Waals surface area contributed by atoms with Gasteiger partial charge in [-0.25, -0.2) is 0 Å². The zero-order valence-electron chi connectivity index (χ0n) is 11.6. The van der Waals surface area contributed by atoms with Crippen molar-refractivity contribution in [2.75, 3.05) is 0 Å². The van der Waals surface area contributed by atoms with E-state index in [4.69, 9.17) is 0 Å². The average Bonchev–Trinajstić information content (AvgIpc) is 2.63. The van der Waals surface area contributed by atoms with E-state index >= 15 is 0 Å². The van der Waals surface area contributed by atoms with E-state index in [0.717, 1.165) is 17.8 Å². The first-order valence-corrected chi connectivity index (χ1v) is 5.68. The third kappa shape index (κ3) is 18.8. The molecule has 0 nitrogen and oxygen atoms in total. The molecule has 3 fully saturated rings. The predicted octanol–water partition coefficient (Wildman–Crippen LogP) is 0.985. The maximum atomic E-state index is 2.28. The van der Waals surface area contributed by atoms with E-state index in [0.29, 0.717) is 0 Å². The summed E-state index contributed by atoms with van der Waals surface area (Å²) in [4.78, 5) is 0. The molecule has 0 unspecified atom stereocenters. The molecule has 0 amide bonds. The van der Waals surface area contributed by atoms with Crippen LogP contribution in [0.4, 0.5) is 0 Å². The van der Waals surface area contributed by atoms with Crippen LogP contribution in [0, 0.1) is 17.8 Å². The maximum absolute atomic E-state index is 2.28. The van der Waals surface area contributed by atoms with Crippen molar-refractivity contribution in [3.63, 3.8) is 0 Å². The van der Waals surface area contributed by atoms with Crippen molar-refractivity contribution < 1.29 is 20.3 Å². The molecule has 14 heavy (non-hydrogen) atoms. The summed E-state index contributed by atoms with van der Waals surface area (Å²) in [7, 11) is 0. The van der Waals surface area contributed by atoms with E-state index in [1.807, 2.05) is 0 Å². The average molecular weight is 203 g/mol. The van der Waals surface area contributed by atoms with Gasteiger partial charge in [0.2, 0.25) is 0 Å². The first-order valence-electron chi connectivity index (χ1n) is 5.68. The molecule has 0 heterocycles. The Labute approximate surface area is 114 Å². The Kier molecular flexibility index (Phi) is 11.7. The molecule has 0 aromatic heterocycles. The zero-order chi connectivity index (χ0) is 8.97. The van der Waals surface area contributed by atoms with Gasteiger partial charge in [0.25, 0.3) is 0 Å². The van der Waals surface area contributed by atoms with Crippen LogP contribution in [0.1, 0.15) is 60.7 Å². The first kappa shape index (κ1) is 17.5. The summed E-state index contributed by atoms with van der Waals surface area (Å²) in [5.41, 5.74) is 0. The second-order valence-corrected chi connectivity index (χ2v) is 5.05. The minimum Gasteiger partial charge on any atom is -1.00 e. The SMILES string of the molecule is CC1CC1.CC1CC1.CC1CC1.[Al].[H-].[Li+]. The number of hydrogen-bond donors (Lipinski definition) is 0. The predicted molar refractivity (Wildman–Crippen MR) is 62.1 cm³/mol. The second kappa shape index (κ2) is 9.36. The summed E-state index contributed by atoms with van der Waals surface area (Å²) in [6.45, 7) is 6.83. The Morgan fingerprint density at radius 2 is 0.714 bits per heavy atom. The van der Waals surface area contributed by atoms with E-state index in [9.17, 15) is 0 Å². The molecule has 2 heteroatoms. The van der Waals surface area contributed by atoms with Gasteiger partial charge in [-0.3, -0.25) is 0 Å². The molecule has 3 saturated carbocycles. The van der Waals surface area contributed by atoms with Crippen LogP contribution in [0.5, 0.6) is 0 Å². The minimum absolute atomic E-state index is 0. The molecular formula is C12H25AlLi. The van der Waals surface area contributed by atoms with Gasteiger partial charge in [-0.05, 0) is 17.8 Å². The molecule has 77 valence electrons. The van der Waals surface area contributed by atoms with Gasteiger partial charge >= 0.3 is 18.9 Å². The minimum atomic E-state index is 0. The molecule has 0 aromatic carbocycles. The molecule has 3 radical (unpaired) electrons. The van der Waals surface area contributed by atoms with E-state index in [1.54, 1.807) is 0 Å². The van der Waals surface area contributed by atoms with Crippen LogP contribution in [0.3, 0.4) is 0 Å². The third-order valence-electron chi connectivity index (χ3n) is 2.60. The molecular weight excluding hydrogens is 178 g/mol. The monoisotopic (exact) mass is 203 g/mol. The fourth-order valence-corrected chi connectivity index (χ4v) is 0.500. The molecule has 0 atom stereocenters. The Morgan fingerprint density at radius 1 is 0.643 bits per heavy atom. The van der Waals surface area contributed by atoms with Gasteiger partial charge < -0.3 is 1.43 Å². The van der Waals surface area contributed by atoms with Gasteiger partial charge in [0.05, 0.1) is 0 Å². The van der Waals surface area contributed by atoms with Crippen molar-refractivity contribution in [2.24, 2.45) is 17.8 Å². The van der Waals surface area contributed by atoms with Gasteiger partial charge in [0.15, 0.2) is 0 Å². The van der Waals surface area contributed by atoms with E-state index in [-0.39, 0.29) is 37.6 Å². The summed E-state index contributed by atoms with van der Waals surface area (Å²) in [5.74, 6) is 3.25. The fraction of sp³-hybridized carbons (Fsp3) is 1.00. The van der Waals surface area contributed by atoms with Crippen molar-refractivity contribution in [3.8, 4) is 0 Å². The van der Waals surface area contributed by atoms with Gasteiger partial charge in [-0.2, -0.15) is 0 Å². The van der Waals surface area contributed by atoms with E-state index < -0.39 is 0 Å². The zero-order valence-corrected chi connectivity index (χ0v) is 11.7. The van der Waals surface area contributed by atoms with Crippen molar-refractivity contribution in [3.05, 3.63) is 0 Å². The molecule has 0 N–H and O–H groups in total. The van der Waals surface area contributed by atoms with Gasteiger partial charge in [-0.15, -0.1) is 0 Å². The van der Waals surface area contributed by atoms with Crippen LogP contribution >= 0.6 is 0 Å². The first-order chi connectivity index (χ1) is 5.68. The summed E-state index contributed by atoms with van der Waals surface area (Å²) >= 11 is 0. The molecule has 3 aliphatic rings. The van der Waals surface area contributed by atoms with Crippen LogP contribution in [0.25, 0.3) is 0 Å². The van der Waals surface area contributed by atoms with Crippen molar-refractivity contribution >= 4 is 17.4 Å². The molecule has 0 aromatic rings. The maximum Gasteiger partial charge on any atom is 1.00 e. The molecule has 0 bridgehead atoms. The van der Waals surface area contributed by atoms with E-state index in [1.165, 1.54) is 38.5 Å². The molecule has 0 spiro atoms. The third-order valence-corrected chi connectivity index (χ3v) is 2.60. The normalized spacial score (nSPS) is 22.5. The van der Waals surface area contributed by atoms with Crippen molar-refractivity contribution in [1.29, 1.82) is 0 Å². The Balaban J connectivity index is -0.000000131. The Hall–Kier alpha value is 1.13.